The highest BCUT2D eigenvalue weighted by atomic mass is 16.6. The minimum atomic E-state index is -0.458. The lowest BCUT2D eigenvalue weighted by Gasteiger charge is -2.64. The second-order valence-electron chi connectivity index (χ2n) is 18.3. The van der Waals surface area contributed by atoms with Crippen molar-refractivity contribution in [1.82, 2.24) is 0 Å². The second-order valence-corrected chi connectivity index (χ2v) is 18.3. The van der Waals surface area contributed by atoms with E-state index < -0.39 is 10.8 Å². The van der Waals surface area contributed by atoms with Gasteiger partial charge in [0, 0.05) is 0 Å². The Kier molecular flexibility index (Phi) is 6.00. The molecule has 42 heavy (non-hydrogen) atoms. The average Bonchev–Trinajstić information content (AvgIpc) is 2.93. The van der Waals surface area contributed by atoms with Crippen LogP contribution in [0.1, 0.15) is 142 Å². The summed E-state index contributed by atoms with van der Waals surface area (Å²) in [6.45, 7) is 4.57. The minimum absolute atomic E-state index is 0.104. The summed E-state index contributed by atoms with van der Waals surface area (Å²) < 4.78 is 14.1. The largest absolute Gasteiger partial charge is 0.458 e. The van der Waals surface area contributed by atoms with Gasteiger partial charge in [0.2, 0.25) is 0 Å². The number of rotatable bonds is 8. The van der Waals surface area contributed by atoms with E-state index in [4.69, 9.17) is 9.47 Å². The Morgan fingerprint density at radius 2 is 0.810 bits per heavy atom. The summed E-state index contributed by atoms with van der Waals surface area (Å²) in [4.78, 5) is 29.4. The summed E-state index contributed by atoms with van der Waals surface area (Å²) in [5.41, 5.74) is -1.38. The molecule has 0 unspecified atom stereocenters. The van der Waals surface area contributed by atoms with Crippen molar-refractivity contribution in [3.8, 4) is 0 Å². The minimum Gasteiger partial charge on any atom is -0.458 e. The molecule has 0 atom stereocenters. The van der Waals surface area contributed by atoms with Crippen LogP contribution >= 0.6 is 0 Å². The van der Waals surface area contributed by atoms with Crippen molar-refractivity contribution in [3.05, 3.63) is 0 Å². The SMILES string of the molecule is CCCC1(OC(=O)C23CC4CC(C2)CC(C(=O)OC2(CCC)C5CC6CC(C5)CC2C6)(C4)C3)C2CC3CC(C2)CC1C3. The second kappa shape index (κ2) is 9.24. The van der Waals surface area contributed by atoms with Crippen molar-refractivity contribution in [2.24, 2.45) is 70.0 Å². The third-order valence-electron chi connectivity index (χ3n) is 15.8. The first-order valence-electron chi connectivity index (χ1n) is 18.7. The summed E-state index contributed by atoms with van der Waals surface area (Å²) in [7, 11) is 0. The van der Waals surface area contributed by atoms with Crippen LogP contribution < -0.4 is 0 Å². The topological polar surface area (TPSA) is 52.6 Å². The Morgan fingerprint density at radius 3 is 1.12 bits per heavy atom. The lowest BCUT2D eigenvalue weighted by molar-refractivity contribution is -0.243. The average molecular weight is 577 g/mol. The molecule has 0 aromatic heterocycles. The predicted molar refractivity (Wildman–Crippen MR) is 161 cm³/mol. The first-order chi connectivity index (χ1) is 20.3. The van der Waals surface area contributed by atoms with Gasteiger partial charge in [-0.3, -0.25) is 9.59 Å². The van der Waals surface area contributed by atoms with Gasteiger partial charge in [0.05, 0.1) is 10.8 Å². The van der Waals surface area contributed by atoms with E-state index in [0.29, 0.717) is 41.9 Å². The Labute approximate surface area is 254 Å². The van der Waals surface area contributed by atoms with Gasteiger partial charge in [0.25, 0.3) is 0 Å². The molecule has 12 aliphatic carbocycles. The maximum atomic E-state index is 14.7. The molecule has 232 valence electrons. The van der Waals surface area contributed by atoms with Crippen molar-refractivity contribution < 1.29 is 19.1 Å². The van der Waals surface area contributed by atoms with Crippen LogP contribution in [0.5, 0.6) is 0 Å². The van der Waals surface area contributed by atoms with Gasteiger partial charge in [0.15, 0.2) is 0 Å². The fourth-order valence-corrected chi connectivity index (χ4v) is 15.3. The van der Waals surface area contributed by atoms with Crippen molar-refractivity contribution >= 4 is 11.9 Å². The number of carbonyl (C=O) groups excluding carboxylic acids is 2. The first-order valence-corrected chi connectivity index (χ1v) is 18.7. The van der Waals surface area contributed by atoms with Gasteiger partial charge in [-0.1, -0.05) is 26.7 Å². The number of hydrogen-bond donors (Lipinski definition) is 0. The van der Waals surface area contributed by atoms with Crippen LogP contribution in [0.25, 0.3) is 0 Å². The van der Waals surface area contributed by atoms with Crippen molar-refractivity contribution in [2.75, 3.05) is 0 Å². The summed E-state index contributed by atoms with van der Waals surface area (Å²) in [5, 5.41) is 0. The molecule has 0 aromatic rings. The monoisotopic (exact) mass is 576 g/mol. The lowest BCUT2D eigenvalue weighted by Crippen LogP contribution is -2.64. The van der Waals surface area contributed by atoms with Crippen molar-refractivity contribution in [3.63, 3.8) is 0 Å². The zero-order chi connectivity index (χ0) is 28.5. The van der Waals surface area contributed by atoms with Gasteiger partial charge >= 0.3 is 11.9 Å². The third-order valence-corrected chi connectivity index (χ3v) is 15.8. The van der Waals surface area contributed by atoms with Crippen LogP contribution in [-0.4, -0.2) is 23.1 Å². The van der Waals surface area contributed by atoms with E-state index in [0.717, 1.165) is 75.0 Å². The molecule has 12 bridgehead atoms. The molecular weight excluding hydrogens is 520 g/mol. The molecule has 0 aromatic carbocycles. The standard InChI is InChI=1S/C38H56O4/c1-3-5-37(29-10-23-7-24(12-29)13-30(37)11-23)41-33(39)35-18-27-9-28(19-35)21-36(20-27,22-35)34(40)42-38(6-4-2)31-14-25-8-26(16-31)17-32(38)15-25/h23-32H,3-22H2,1-2H3. The Bertz CT molecular complexity index is 982. The van der Waals surface area contributed by atoms with Crippen molar-refractivity contribution in [1.29, 1.82) is 0 Å². The third kappa shape index (κ3) is 3.71. The van der Waals surface area contributed by atoms with Gasteiger partial charge < -0.3 is 9.47 Å². The Hall–Kier alpha value is -1.06. The molecular formula is C38H56O4. The molecule has 0 amide bonds. The van der Waals surface area contributed by atoms with Gasteiger partial charge in [-0.25, -0.2) is 0 Å². The van der Waals surface area contributed by atoms with Crippen molar-refractivity contribution in [2.45, 2.75) is 153 Å². The van der Waals surface area contributed by atoms with Gasteiger partial charge in [-0.15, -0.1) is 0 Å². The van der Waals surface area contributed by atoms with E-state index >= 15 is 0 Å². The molecule has 4 nitrogen and oxygen atoms in total. The van der Waals surface area contributed by atoms with E-state index in [1.54, 1.807) is 0 Å². The molecule has 0 spiro atoms. The Balaban J connectivity index is 0.999. The molecule has 12 fully saturated rings. The number of ether oxygens (including phenoxy) is 2. The fraction of sp³-hybridized carbons (Fsp3) is 0.947. The molecule has 0 aliphatic heterocycles. The van der Waals surface area contributed by atoms with Gasteiger partial charge in [0.1, 0.15) is 11.2 Å². The maximum absolute atomic E-state index is 14.7. The van der Waals surface area contributed by atoms with Crippen LogP contribution in [0, 0.1) is 70.0 Å². The zero-order valence-corrected chi connectivity index (χ0v) is 26.5. The lowest BCUT2D eigenvalue weighted by atomic mass is 9.43. The molecule has 12 rings (SSSR count). The first kappa shape index (κ1) is 27.3. The van der Waals surface area contributed by atoms with Gasteiger partial charge in [-0.2, -0.15) is 0 Å². The van der Waals surface area contributed by atoms with Crippen LogP contribution in [0.3, 0.4) is 0 Å². The van der Waals surface area contributed by atoms with E-state index in [2.05, 4.69) is 13.8 Å². The van der Waals surface area contributed by atoms with E-state index in [-0.39, 0.29) is 23.1 Å². The smallest absolute Gasteiger partial charge is 0.312 e. The number of hydrogen-bond acceptors (Lipinski definition) is 4. The summed E-state index contributed by atoms with van der Waals surface area (Å²) in [6, 6.07) is 0. The summed E-state index contributed by atoms with van der Waals surface area (Å²) in [6.07, 6.45) is 23.0. The number of carbonyl (C=O) groups is 2. The van der Waals surface area contributed by atoms with E-state index in [1.165, 1.54) is 70.6 Å². The highest BCUT2D eigenvalue weighted by Crippen LogP contribution is 2.69. The molecule has 4 heteroatoms. The normalized spacial score (nSPS) is 55.8. The quantitative estimate of drug-likeness (QED) is 0.271. The van der Waals surface area contributed by atoms with Gasteiger partial charge in [-0.05, 0) is 175 Å². The maximum Gasteiger partial charge on any atom is 0.312 e. The Morgan fingerprint density at radius 1 is 0.500 bits per heavy atom. The molecule has 0 heterocycles. The summed E-state index contributed by atoms with van der Waals surface area (Å²) in [5.74, 6) is 6.91. The molecule has 12 aliphatic rings. The summed E-state index contributed by atoms with van der Waals surface area (Å²) >= 11 is 0. The van der Waals surface area contributed by atoms with E-state index in [1.807, 2.05) is 0 Å². The van der Waals surface area contributed by atoms with Crippen LogP contribution in [0.4, 0.5) is 0 Å². The number of esters is 2. The predicted octanol–water partition coefficient (Wildman–Crippen LogP) is 8.65. The molecule has 0 radical (unpaired) electrons. The van der Waals surface area contributed by atoms with Crippen LogP contribution in [-0.2, 0) is 19.1 Å². The van der Waals surface area contributed by atoms with Crippen LogP contribution in [0.15, 0.2) is 0 Å². The highest BCUT2D eigenvalue weighted by molar-refractivity contribution is 5.83. The van der Waals surface area contributed by atoms with Crippen LogP contribution in [0.2, 0.25) is 0 Å². The molecule has 12 saturated carbocycles. The molecule has 0 saturated heterocycles. The van der Waals surface area contributed by atoms with E-state index in [9.17, 15) is 9.59 Å². The molecule has 0 N–H and O–H groups in total. The zero-order valence-electron chi connectivity index (χ0n) is 26.5. The highest BCUT2D eigenvalue weighted by Gasteiger charge is 2.68. The fourth-order valence-electron chi connectivity index (χ4n) is 15.3.